The van der Waals surface area contributed by atoms with Crippen molar-refractivity contribution in [2.75, 3.05) is 20.1 Å². The van der Waals surface area contributed by atoms with Crippen molar-refractivity contribution in [1.82, 2.24) is 19.6 Å². The topological polar surface area (TPSA) is 32.6 Å². The van der Waals surface area contributed by atoms with E-state index >= 15 is 0 Å². The standard InChI is InChI=1S/C16H26N4/c1-13(2)19(4)10-7-9-17-12-15-14(3)18-16-8-5-6-11-20(15)16/h5-6,8,11,13,17H,7,9-10,12H2,1-4H3. The first kappa shape index (κ1) is 15.0. The van der Waals surface area contributed by atoms with Gasteiger partial charge in [-0.05, 0) is 59.5 Å². The van der Waals surface area contributed by atoms with Crippen LogP contribution in [0.3, 0.4) is 0 Å². The molecule has 0 amide bonds. The molecule has 0 aromatic carbocycles. The summed E-state index contributed by atoms with van der Waals surface area (Å²) in [7, 11) is 2.18. The molecule has 4 nitrogen and oxygen atoms in total. The molecule has 0 atom stereocenters. The number of hydrogen-bond acceptors (Lipinski definition) is 3. The van der Waals surface area contributed by atoms with E-state index in [9.17, 15) is 0 Å². The summed E-state index contributed by atoms with van der Waals surface area (Å²) in [5.74, 6) is 0. The lowest BCUT2D eigenvalue weighted by Gasteiger charge is -2.20. The Balaban J connectivity index is 1.83. The van der Waals surface area contributed by atoms with Gasteiger partial charge in [0.15, 0.2) is 0 Å². The van der Waals surface area contributed by atoms with Crippen molar-refractivity contribution in [3.63, 3.8) is 0 Å². The van der Waals surface area contributed by atoms with Crippen molar-refractivity contribution < 1.29 is 0 Å². The van der Waals surface area contributed by atoms with Crippen LogP contribution in [0.2, 0.25) is 0 Å². The first-order valence-corrected chi connectivity index (χ1v) is 7.43. The molecule has 0 radical (unpaired) electrons. The molecule has 0 saturated heterocycles. The molecule has 2 aromatic rings. The lowest BCUT2D eigenvalue weighted by Crippen LogP contribution is -2.29. The molecule has 1 N–H and O–H groups in total. The van der Waals surface area contributed by atoms with Crippen LogP contribution in [0, 0.1) is 6.92 Å². The van der Waals surface area contributed by atoms with E-state index in [1.807, 2.05) is 12.1 Å². The Kier molecular flexibility index (Phi) is 5.15. The van der Waals surface area contributed by atoms with E-state index in [-0.39, 0.29) is 0 Å². The van der Waals surface area contributed by atoms with Gasteiger partial charge in [-0.2, -0.15) is 0 Å². The quantitative estimate of drug-likeness (QED) is 0.787. The minimum absolute atomic E-state index is 0.621. The number of aromatic nitrogens is 2. The van der Waals surface area contributed by atoms with Gasteiger partial charge in [0.25, 0.3) is 0 Å². The van der Waals surface area contributed by atoms with Crippen LogP contribution < -0.4 is 5.32 Å². The van der Waals surface area contributed by atoms with Gasteiger partial charge in [0.05, 0.1) is 11.4 Å². The molecule has 0 aliphatic heterocycles. The van der Waals surface area contributed by atoms with Crippen molar-refractivity contribution >= 4 is 5.65 Å². The summed E-state index contributed by atoms with van der Waals surface area (Å²) in [6.07, 6.45) is 3.25. The van der Waals surface area contributed by atoms with E-state index < -0.39 is 0 Å². The normalized spacial score (nSPS) is 11.9. The molecule has 2 rings (SSSR count). The predicted octanol–water partition coefficient (Wildman–Crippen LogP) is 2.46. The van der Waals surface area contributed by atoms with Gasteiger partial charge in [0.2, 0.25) is 0 Å². The van der Waals surface area contributed by atoms with Crippen LogP contribution in [0.4, 0.5) is 0 Å². The van der Waals surface area contributed by atoms with Gasteiger partial charge in [-0.3, -0.25) is 0 Å². The number of imidazole rings is 1. The monoisotopic (exact) mass is 274 g/mol. The van der Waals surface area contributed by atoms with Gasteiger partial charge in [-0.25, -0.2) is 4.98 Å². The fraction of sp³-hybridized carbons (Fsp3) is 0.562. The molecule has 4 heteroatoms. The molecular weight excluding hydrogens is 248 g/mol. The van der Waals surface area contributed by atoms with Crippen LogP contribution in [0.1, 0.15) is 31.7 Å². The van der Waals surface area contributed by atoms with Crippen LogP contribution in [0.15, 0.2) is 24.4 Å². The third-order valence-electron chi connectivity index (χ3n) is 3.87. The third-order valence-corrected chi connectivity index (χ3v) is 3.87. The third kappa shape index (κ3) is 3.58. The zero-order valence-corrected chi connectivity index (χ0v) is 13.1. The lowest BCUT2D eigenvalue weighted by atomic mass is 10.3. The van der Waals surface area contributed by atoms with E-state index in [0.717, 1.165) is 31.0 Å². The Labute approximate surface area is 121 Å². The highest BCUT2D eigenvalue weighted by atomic mass is 15.1. The molecule has 0 aliphatic rings. The number of fused-ring (bicyclic) bond motifs is 1. The highest BCUT2D eigenvalue weighted by molar-refractivity contribution is 5.42. The molecule has 0 bridgehead atoms. The van der Waals surface area contributed by atoms with Gasteiger partial charge in [-0.1, -0.05) is 6.07 Å². The number of nitrogens with one attached hydrogen (secondary N) is 1. The van der Waals surface area contributed by atoms with Crippen molar-refractivity contribution in [2.24, 2.45) is 0 Å². The van der Waals surface area contributed by atoms with E-state index in [4.69, 9.17) is 0 Å². The van der Waals surface area contributed by atoms with Gasteiger partial charge in [-0.15, -0.1) is 0 Å². The minimum atomic E-state index is 0.621. The fourth-order valence-corrected chi connectivity index (χ4v) is 2.30. The van der Waals surface area contributed by atoms with E-state index in [2.05, 4.69) is 59.7 Å². The smallest absolute Gasteiger partial charge is 0.137 e. The fourth-order valence-electron chi connectivity index (χ4n) is 2.30. The van der Waals surface area contributed by atoms with Crippen LogP contribution in [-0.4, -0.2) is 40.5 Å². The summed E-state index contributed by atoms with van der Waals surface area (Å²) in [6, 6.07) is 6.75. The summed E-state index contributed by atoms with van der Waals surface area (Å²) in [5, 5.41) is 3.53. The van der Waals surface area contributed by atoms with Gasteiger partial charge in [0.1, 0.15) is 5.65 Å². The van der Waals surface area contributed by atoms with Crippen molar-refractivity contribution in [2.45, 2.75) is 39.8 Å². The number of hydrogen-bond donors (Lipinski definition) is 1. The second-order valence-corrected chi connectivity index (χ2v) is 5.68. The first-order chi connectivity index (χ1) is 9.59. The maximum atomic E-state index is 4.58. The highest BCUT2D eigenvalue weighted by Gasteiger charge is 2.07. The molecule has 0 fully saturated rings. The number of aryl methyl sites for hydroxylation is 1. The molecule has 110 valence electrons. The highest BCUT2D eigenvalue weighted by Crippen LogP contribution is 2.11. The first-order valence-electron chi connectivity index (χ1n) is 7.43. The van der Waals surface area contributed by atoms with Crippen LogP contribution in [-0.2, 0) is 6.54 Å². The number of rotatable bonds is 7. The molecule has 2 heterocycles. The van der Waals surface area contributed by atoms with E-state index in [1.165, 1.54) is 12.1 Å². The second-order valence-electron chi connectivity index (χ2n) is 5.68. The van der Waals surface area contributed by atoms with E-state index in [1.54, 1.807) is 0 Å². The summed E-state index contributed by atoms with van der Waals surface area (Å²) in [6.45, 7) is 9.59. The molecule has 0 aliphatic carbocycles. The van der Waals surface area contributed by atoms with Gasteiger partial charge >= 0.3 is 0 Å². The van der Waals surface area contributed by atoms with Crippen LogP contribution >= 0.6 is 0 Å². The molecule has 20 heavy (non-hydrogen) atoms. The Morgan fingerprint density at radius 3 is 2.90 bits per heavy atom. The average Bonchev–Trinajstić information content (AvgIpc) is 2.74. The predicted molar refractivity (Wildman–Crippen MR) is 84.0 cm³/mol. The van der Waals surface area contributed by atoms with Crippen molar-refractivity contribution in [3.05, 3.63) is 35.8 Å². The van der Waals surface area contributed by atoms with Crippen molar-refractivity contribution in [1.29, 1.82) is 0 Å². The SMILES string of the molecule is Cc1nc2ccccn2c1CNCCCN(C)C(C)C. The second kappa shape index (κ2) is 6.86. The zero-order chi connectivity index (χ0) is 14.5. The molecule has 0 unspecified atom stereocenters. The summed E-state index contributed by atoms with van der Waals surface area (Å²) in [5.41, 5.74) is 3.40. The molecule has 0 saturated carbocycles. The molecule has 0 spiro atoms. The Morgan fingerprint density at radius 1 is 1.35 bits per heavy atom. The minimum Gasteiger partial charge on any atom is -0.311 e. The van der Waals surface area contributed by atoms with Crippen LogP contribution in [0.25, 0.3) is 5.65 Å². The molecular formula is C16H26N4. The largest absolute Gasteiger partial charge is 0.311 e. The van der Waals surface area contributed by atoms with Gasteiger partial charge in [0, 0.05) is 18.8 Å². The molecule has 2 aromatic heterocycles. The zero-order valence-electron chi connectivity index (χ0n) is 13.1. The Hall–Kier alpha value is -1.39. The maximum Gasteiger partial charge on any atom is 0.137 e. The average molecular weight is 274 g/mol. The summed E-state index contributed by atoms with van der Waals surface area (Å²) in [4.78, 5) is 6.95. The lowest BCUT2D eigenvalue weighted by molar-refractivity contribution is 0.269. The summed E-state index contributed by atoms with van der Waals surface area (Å²) < 4.78 is 2.17. The van der Waals surface area contributed by atoms with Gasteiger partial charge < -0.3 is 14.6 Å². The summed E-state index contributed by atoms with van der Waals surface area (Å²) >= 11 is 0. The van der Waals surface area contributed by atoms with Crippen molar-refractivity contribution in [3.8, 4) is 0 Å². The Morgan fingerprint density at radius 2 is 2.15 bits per heavy atom. The van der Waals surface area contributed by atoms with E-state index in [0.29, 0.717) is 6.04 Å². The maximum absolute atomic E-state index is 4.58. The number of nitrogens with zero attached hydrogens (tertiary/aromatic N) is 3. The van der Waals surface area contributed by atoms with Crippen LogP contribution in [0.5, 0.6) is 0 Å². The Bertz CT molecular complexity index is 544. The number of pyridine rings is 1.